The molecule has 2 heteroatoms. The van der Waals surface area contributed by atoms with Crippen molar-refractivity contribution in [1.29, 1.82) is 0 Å². The van der Waals surface area contributed by atoms with E-state index in [9.17, 15) is 5.11 Å². The molecule has 0 radical (unpaired) electrons. The molecule has 1 unspecified atom stereocenters. The van der Waals surface area contributed by atoms with Crippen LogP contribution in [0, 0.1) is 5.92 Å². The third kappa shape index (κ3) is 2.83. The van der Waals surface area contributed by atoms with Crippen LogP contribution in [0.4, 0.5) is 0 Å². The van der Waals surface area contributed by atoms with Gasteiger partial charge in [-0.1, -0.05) is 24.3 Å². The fourth-order valence-corrected chi connectivity index (χ4v) is 1.55. The molecule has 1 aromatic rings. The molecule has 1 saturated carbocycles. The maximum Gasteiger partial charge on any atom is 0.119 e. The van der Waals surface area contributed by atoms with E-state index in [1.54, 1.807) is 7.11 Å². The molecule has 0 aromatic heterocycles. The van der Waals surface area contributed by atoms with Crippen molar-refractivity contribution >= 4 is 6.08 Å². The molecule has 80 valence electrons. The van der Waals surface area contributed by atoms with Gasteiger partial charge >= 0.3 is 0 Å². The van der Waals surface area contributed by atoms with Crippen LogP contribution in [0.25, 0.3) is 6.08 Å². The molecule has 0 bridgehead atoms. The van der Waals surface area contributed by atoms with E-state index in [1.165, 1.54) is 0 Å². The lowest BCUT2D eigenvalue weighted by Gasteiger charge is -2.02. The molecule has 15 heavy (non-hydrogen) atoms. The summed E-state index contributed by atoms with van der Waals surface area (Å²) in [5, 5.41) is 9.66. The van der Waals surface area contributed by atoms with Crippen LogP contribution in [0.2, 0.25) is 0 Å². The van der Waals surface area contributed by atoms with Crippen molar-refractivity contribution in [2.24, 2.45) is 5.92 Å². The van der Waals surface area contributed by atoms with Crippen LogP contribution in [0.5, 0.6) is 5.75 Å². The lowest BCUT2D eigenvalue weighted by molar-refractivity contribution is 0.200. The molecule has 0 heterocycles. The van der Waals surface area contributed by atoms with Gasteiger partial charge in [-0.25, -0.2) is 0 Å². The first-order chi connectivity index (χ1) is 7.29. The van der Waals surface area contributed by atoms with Crippen molar-refractivity contribution in [3.8, 4) is 5.75 Å². The molecule has 0 spiro atoms. The van der Waals surface area contributed by atoms with Crippen LogP contribution in [-0.4, -0.2) is 18.3 Å². The van der Waals surface area contributed by atoms with Crippen molar-refractivity contribution in [2.75, 3.05) is 7.11 Å². The predicted octanol–water partition coefficient (Wildman–Crippen LogP) is 2.48. The molecule has 1 aliphatic rings. The highest BCUT2D eigenvalue weighted by atomic mass is 16.5. The third-order valence-electron chi connectivity index (χ3n) is 2.68. The second kappa shape index (κ2) is 4.49. The first-order valence-corrected chi connectivity index (χ1v) is 5.30. The second-order valence-electron chi connectivity index (χ2n) is 3.96. The molecule has 0 amide bonds. The number of hydrogen-bond acceptors (Lipinski definition) is 2. The standard InChI is InChI=1S/C13H16O2/c1-15-12-4-2-3-10(9-12)5-8-13(14)11-6-7-11/h2-5,8-9,11,13-14H,6-7H2,1H3. The summed E-state index contributed by atoms with van der Waals surface area (Å²) in [6.07, 6.45) is 5.85. The van der Waals surface area contributed by atoms with E-state index in [1.807, 2.05) is 36.4 Å². The van der Waals surface area contributed by atoms with Gasteiger partial charge in [0, 0.05) is 0 Å². The summed E-state index contributed by atoms with van der Waals surface area (Å²) in [7, 11) is 1.65. The van der Waals surface area contributed by atoms with E-state index in [0.717, 1.165) is 24.2 Å². The highest BCUT2D eigenvalue weighted by molar-refractivity contribution is 5.52. The number of rotatable bonds is 4. The minimum Gasteiger partial charge on any atom is -0.497 e. The Labute approximate surface area is 90.2 Å². The van der Waals surface area contributed by atoms with Gasteiger partial charge in [0.25, 0.3) is 0 Å². The van der Waals surface area contributed by atoms with E-state index in [-0.39, 0.29) is 6.10 Å². The monoisotopic (exact) mass is 204 g/mol. The van der Waals surface area contributed by atoms with Gasteiger partial charge < -0.3 is 9.84 Å². The normalized spacial score (nSPS) is 18.0. The van der Waals surface area contributed by atoms with Gasteiger partial charge in [0.15, 0.2) is 0 Å². The maximum atomic E-state index is 9.66. The molecule has 1 atom stereocenters. The number of aliphatic hydroxyl groups excluding tert-OH is 1. The Morgan fingerprint density at radius 3 is 2.93 bits per heavy atom. The van der Waals surface area contributed by atoms with Crippen molar-refractivity contribution < 1.29 is 9.84 Å². The Kier molecular flexibility index (Phi) is 3.07. The second-order valence-corrected chi connectivity index (χ2v) is 3.96. The topological polar surface area (TPSA) is 29.5 Å². The number of methoxy groups -OCH3 is 1. The summed E-state index contributed by atoms with van der Waals surface area (Å²) in [5.74, 6) is 1.34. The van der Waals surface area contributed by atoms with Crippen LogP contribution in [-0.2, 0) is 0 Å². The summed E-state index contributed by atoms with van der Waals surface area (Å²) in [6, 6.07) is 7.81. The predicted molar refractivity (Wildman–Crippen MR) is 60.8 cm³/mol. The fourth-order valence-electron chi connectivity index (χ4n) is 1.55. The minimum absolute atomic E-state index is 0.281. The van der Waals surface area contributed by atoms with Crippen LogP contribution < -0.4 is 4.74 Å². The van der Waals surface area contributed by atoms with Crippen LogP contribution in [0.15, 0.2) is 30.3 Å². The lowest BCUT2D eigenvalue weighted by atomic mass is 10.1. The fraction of sp³-hybridized carbons (Fsp3) is 0.385. The Balaban J connectivity index is 2.02. The molecule has 1 aliphatic carbocycles. The first kappa shape index (κ1) is 10.2. The third-order valence-corrected chi connectivity index (χ3v) is 2.68. The highest BCUT2D eigenvalue weighted by Crippen LogP contribution is 2.33. The summed E-state index contributed by atoms with van der Waals surface area (Å²) < 4.78 is 5.13. The summed E-state index contributed by atoms with van der Waals surface area (Å²) >= 11 is 0. The van der Waals surface area contributed by atoms with Crippen molar-refractivity contribution in [1.82, 2.24) is 0 Å². The largest absolute Gasteiger partial charge is 0.497 e. The zero-order valence-corrected chi connectivity index (χ0v) is 8.89. The quantitative estimate of drug-likeness (QED) is 0.816. The molecule has 0 saturated heterocycles. The average Bonchev–Trinajstić information content (AvgIpc) is 3.10. The molecule has 1 aromatic carbocycles. The van der Waals surface area contributed by atoms with E-state index in [4.69, 9.17) is 4.74 Å². The molecule has 1 fully saturated rings. The zero-order valence-electron chi connectivity index (χ0n) is 8.89. The zero-order chi connectivity index (χ0) is 10.7. The molecule has 0 aliphatic heterocycles. The maximum absolute atomic E-state index is 9.66. The molecular formula is C13H16O2. The highest BCUT2D eigenvalue weighted by Gasteiger charge is 2.27. The Hall–Kier alpha value is -1.28. The smallest absolute Gasteiger partial charge is 0.119 e. The van der Waals surface area contributed by atoms with E-state index < -0.39 is 0 Å². The summed E-state index contributed by atoms with van der Waals surface area (Å²) in [4.78, 5) is 0. The molecule has 2 nitrogen and oxygen atoms in total. The molecular weight excluding hydrogens is 188 g/mol. The minimum atomic E-state index is -0.281. The van der Waals surface area contributed by atoms with Gasteiger partial charge in [-0.3, -0.25) is 0 Å². The van der Waals surface area contributed by atoms with E-state index in [0.29, 0.717) is 5.92 Å². The molecule has 1 N–H and O–H groups in total. The van der Waals surface area contributed by atoms with Crippen LogP contribution >= 0.6 is 0 Å². The van der Waals surface area contributed by atoms with Gasteiger partial charge in [0.2, 0.25) is 0 Å². The van der Waals surface area contributed by atoms with Gasteiger partial charge in [-0.2, -0.15) is 0 Å². The SMILES string of the molecule is COc1cccc(C=CC(O)C2CC2)c1. The van der Waals surface area contributed by atoms with Crippen LogP contribution in [0.3, 0.4) is 0 Å². The van der Waals surface area contributed by atoms with Crippen molar-refractivity contribution in [2.45, 2.75) is 18.9 Å². The van der Waals surface area contributed by atoms with Crippen molar-refractivity contribution in [3.05, 3.63) is 35.9 Å². The Bertz CT molecular complexity index is 353. The average molecular weight is 204 g/mol. The summed E-state index contributed by atoms with van der Waals surface area (Å²) in [5.41, 5.74) is 1.06. The van der Waals surface area contributed by atoms with Gasteiger partial charge in [-0.05, 0) is 36.5 Å². The Morgan fingerprint density at radius 2 is 2.27 bits per heavy atom. The van der Waals surface area contributed by atoms with Crippen LogP contribution in [0.1, 0.15) is 18.4 Å². The van der Waals surface area contributed by atoms with Gasteiger partial charge in [0.1, 0.15) is 5.75 Å². The first-order valence-electron chi connectivity index (χ1n) is 5.30. The Morgan fingerprint density at radius 1 is 1.47 bits per heavy atom. The van der Waals surface area contributed by atoms with E-state index in [2.05, 4.69) is 0 Å². The van der Waals surface area contributed by atoms with Gasteiger partial charge in [0.05, 0.1) is 13.2 Å². The van der Waals surface area contributed by atoms with Crippen molar-refractivity contribution in [3.63, 3.8) is 0 Å². The lowest BCUT2D eigenvalue weighted by Crippen LogP contribution is -2.03. The number of ether oxygens (including phenoxy) is 1. The molecule has 2 rings (SSSR count). The number of benzene rings is 1. The van der Waals surface area contributed by atoms with Gasteiger partial charge in [-0.15, -0.1) is 0 Å². The number of aliphatic hydroxyl groups is 1. The number of hydrogen-bond donors (Lipinski definition) is 1. The summed E-state index contributed by atoms with van der Waals surface area (Å²) in [6.45, 7) is 0. The van der Waals surface area contributed by atoms with E-state index >= 15 is 0 Å².